The number of hydrogen-bond acceptors (Lipinski definition) is 9. The van der Waals surface area contributed by atoms with Crippen molar-refractivity contribution in [3.05, 3.63) is 504 Å². The van der Waals surface area contributed by atoms with Crippen molar-refractivity contribution in [3.8, 4) is 84.5 Å². The molecular formula is C135H83N8OPS3. The van der Waals surface area contributed by atoms with Crippen LogP contribution in [0.4, 0.5) is 0 Å². The smallest absolute Gasteiger partial charge is 0.171 e. The highest BCUT2D eigenvalue weighted by Crippen LogP contribution is 2.54. The van der Waals surface area contributed by atoms with Gasteiger partial charge in [-0.3, -0.25) is 0 Å². The number of benzene rings is 20. The van der Waals surface area contributed by atoms with Gasteiger partial charge in [0.1, 0.15) is 14.5 Å². The Kier molecular flexibility index (Phi) is 20.6. The molecule has 0 saturated heterocycles. The summed E-state index contributed by atoms with van der Waals surface area (Å²) in [7, 11) is -3.08. The summed E-state index contributed by atoms with van der Waals surface area (Å²) in [6.45, 7) is 0. The van der Waals surface area contributed by atoms with E-state index in [2.05, 4.69) is 444 Å². The van der Waals surface area contributed by atoms with Crippen LogP contribution >= 0.6 is 41.2 Å². The van der Waals surface area contributed by atoms with E-state index in [1.54, 1.807) is 11.3 Å². The summed E-state index contributed by atoms with van der Waals surface area (Å²) in [6.07, 6.45) is 0. The summed E-state index contributed by atoms with van der Waals surface area (Å²) < 4.78 is 25.9. The molecule has 0 aliphatic heterocycles. The van der Waals surface area contributed by atoms with Crippen molar-refractivity contribution >= 4 is 238 Å². The Morgan fingerprint density at radius 2 is 0.486 bits per heavy atom. The molecule has 11 heterocycles. The lowest BCUT2D eigenvalue weighted by molar-refractivity contribution is 0.592. The van der Waals surface area contributed by atoms with Gasteiger partial charge in [0.05, 0.1) is 86.7 Å². The minimum Gasteiger partial charge on any atom is -0.309 e. The second-order valence-electron chi connectivity index (χ2n) is 37.8. The minimum absolute atomic E-state index is 0.819. The Hall–Kier alpha value is -18.3. The van der Waals surface area contributed by atoms with E-state index in [1.165, 1.54) is 142 Å². The van der Waals surface area contributed by atoms with Crippen LogP contribution in [0.2, 0.25) is 0 Å². The Labute approximate surface area is 861 Å². The highest BCUT2D eigenvalue weighted by molar-refractivity contribution is 7.85. The number of fused-ring (bicyclic) bond motifs is 30. The van der Waals surface area contributed by atoms with Gasteiger partial charge in [0, 0.05) is 136 Å². The molecule has 0 unspecified atom stereocenters. The molecule has 0 amide bonds. The maximum Gasteiger partial charge on any atom is 0.171 e. The third-order valence-corrected chi connectivity index (χ3v) is 36.0. The second-order valence-corrected chi connectivity index (χ2v) is 43.5. The fourth-order valence-corrected chi connectivity index (χ4v) is 29.4. The van der Waals surface area contributed by atoms with Gasteiger partial charge in [-0.2, -0.15) is 0 Å². The first-order chi connectivity index (χ1) is 73.3. The average molecular weight is 1960 g/mol. The Bertz CT molecular complexity index is 10800. The fourth-order valence-electron chi connectivity index (χ4n) is 22.7. The molecule has 0 radical (unpaired) electrons. The van der Waals surface area contributed by atoms with E-state index >= 15 is 4.57 Å². The quantitative estimate of drug-likeness (QED) is 0.0893. The van der Waals surface area contributed by atoms with Crippen LogP contribution in [0.1, 0.15) is 0 Å². The number of aromatic nitrogens is 8. The summed E-state index contributed by atoms with van der Waals surface area (Å²) in [5.74, 6) is 0. The Morgan fingerprint density at radius 3 is 0.892 bits per heavy atom. The van der Waals surface area contributed by atoms with Crippen molar-refractivity contribution in [2.45, 2.75) is 0 Å². The van der Waals surface area contributed by atoms with E-state index in [9.17, 15) is 0 Å². The van der Waals surface area contributed by atoms with E-state index in [1.807, 2.05) is 95.5 Å². The van der Waals surface area contributed by atoms with Gasteiger partial charge in [-0.15, -0.1) is 34.0 Å². The lowest BCUT2D eigenvalue weighted by Gasteiger charge is -2.20. The normalized spacial score (nSPS) is 11.9. The van der Waals surface area contributed by atoms with Crippen LogP contribution in [-0.2, 0) is 4.57 Å². The molecule has 11 aromatic heterocycles. The zero-order chi connectivity index (χ0) is 97.6. The van der Waals surface area contributed by atoms with Gasteiger partial charge in [0.2, 0.25) is 0 Å². The molecule has 20 aromatic carbocycles. The summed E-state index contributed by atoms with van der Waals surface area (Å²) >= 11 is 5.47. The lowest BCUT2D eigenvalue weighted by Crippen LogP contribution is -2.24. The average Bonchev–Trinajstić information content (AvgIpc) is 1.55. The number of rotatable bonds is 12. The topological polar surface area (TPSA) is 96.3 Å². The van der Waals surface area contributed by atoms with Gasteiger partial charge in [-0.05, 0) is 147 Å². The van der Waals surface area contributed by atoms with Crippen molar-refractivity contribution in [1.29, 1.82) is 0 Å². The lowest BCUT2D eigenvalue weighted by atomic mass is 9.92. The van der Waals surface area contributed by atoms with E-state index in [-0.39, 0.29) is 0 Å². The maximum atomic E-state index is 15.0. The molecule has 0 spiro atoms. The van der Waals surface area contributed by atoms with Crippen molar-refractivity contribution in [3.63, 3.8) is 0 Å². The van der Waals surface area contributed by atoms with Crippen LogP contribution in [-0.4, -0.2) is 38.6 Å². The van der Waals surface area contributed by atoms with Crippen molar-refractivity contribution in [2.24, 2.45) is 0 Å². The van der Waals surface area contributed by atoms with Gasteiger partial charge >= 0.3 is 0 Å². The molecule has 0 N–H and O–H groups in total. The summed E-state index contributed by atoms with van der Waals surface area (Å²) in [4.78, 5) is 29.7. The second kappa shape index (κ2) is 35.4. The number of thiophene rings is 3. The van der Waals surface area contributed by atoms with Gasteiger partial charge in [-0.25, -0.2) is 24.9 Å². The standard InChI is InChI=1S/C47H28N4S.C47H28N2S.C41H27N2OPS/c1-3-12-29(13-4-1)37-26-24-31-22-23-32-25-27-38(49-44(32)43(31)48-37)33-16-11-17-34(28-33)51-40-21-10-8-19-36(40)42-41-35-18-7-9-20-39(35)50-45(46(41)52-47(42)51)30-14-5-2-6-15-30;1-2-12-30(13-3-1)45-46-43(38-18-8-10-20-41(38)48-45)44-39-19-9-11-21-42(39)49(47(44)50-46)32-25-22-29(23-26-32)31-24-27-37-35-16-5-4-14-33(35)34-15-6-7-17-36(34)40(37)28-31;44-45(30-16-6-2-7-17-30,31-18-8-3-9-19-31)32-26-24-29(25-27-32)43-36-23-13-11-21-34(36)38-37-33-20-10-12-22-35(33)42-39(40(37)46-41(38)43)28-14-4-1-5-15-28/h1-28H;1-28H;1-27H. The van der Waals surface area contributed by atoms with Gasteiger partial charge in [0.15, 0.2) is 7.14 Å². The third-order valence-electron chi connectivity index (χ3n) is 29.4. The largest absolute Gasteiger partial charge is 0.309 e. The summed E-state index contributed by atoms with van der Waals surface area (Å²) in [6, 6.07) is 177. The zero-order valence-electron chi connectivity index (χ0n) is 79.6. The molecule has 31 rings (SSSR count). The van der Waals surface area contributed by atoms with E-state index in [4.69, 9.17) is 24.9 Å². The van der Waals surface area contributed by atoms with E-state index < -0.39 is 7.14 Å². The van der Waals surface area contributed by atoms with Crippen LogP contribution in [0.25, 0.3) is 265 Å². The minimum atomic E-state index is -3.08. The van der Waals surface area contributed by atoms with Crippen LogP contribution in [0.15, 0.2) is 504 Å². The van der Waals surface area contributed by atoms with E-state index in [0.717, 1.165) is 139 Å². The summed E-state index contributed by atoms with van der Waals surface area (Å²) in [5.41, 5.74) is 24.6. The van der Waals surface area contributed by atoms with E-state index in [0.29, 0.717) is 0 Å². The number of nitrogens with zero attached hydrogens (tertiary/aromatic N) is 8. The number of para-hydroxylation sites is 6. The molecule has 148 heavy (non-hydrogen) atoms. The van der Waals surface area contributed by atoms with Gasteiger partial charge < -0.3 is 18.3 Å². The molecule has 9 nitrogen and oxygen atoms in total. The number of pyridine rings is 5. The molecule has 0 bridgehead atoms. The Balaban J connectivity index is 0.000000105. The molecule has 0 atom stereocenters. The zero-order valence-corrected chi connectivity index (χ0v) is 82.9. The highest BCUT2D eigenvalue weighted by Gasteiger charge is 2.32. The molecule has 692 valence electrons. The van der Waals surface area contributed by atoms with Crippen molar-refractivity contribution in [2.75, 3.05) is 0 Å². The first kappa shape index (κ1) is 86.4. The molecular weight excluding hydrogens is 1880 g/mol. The van der Waals surface area contributed by atoms with Crippen LogP contribution < -0.4 is 15.9 Å². The van der Waals surface area contributed by atoms with Crippen LogP contribution in [0.3, 0.4) is 0 Å². The monoisotopic (exact) mass is 1960 g/mol. The van der Waals surface area contributed by atoms with Gasteiger partial charge in [0.25, 0.3) is 0 Å². The molecule has 0 saturated carbocycles. The van der Waals surface area contributed by atoms with Gasteiger partial charge in [-0.1, -0.05) is 400 Å². The fraction of sp³-hybridized carbons (Fsp3) is 0. The predicted molar refractivity (Wildman–Crippen MR) is 630 cm³/mol. The SMILES string of the molecule is O=P(c1ccccc1)(c1ccccc1)c1ccc(-n2c3ccccc3c3c4c(sc32)c(-c2ccccc2)nc2ccccc24)cc1.c1ccc(-c2ccc3ccc4ccc(-c5cccc(-n6c7ccccc7c7c8c(sc76)c(-c6ccccc6)nc6ccccc68)c5)nc4c3n2)cc1.c1ccc(-c2nc3ccccc3c3c2sc2c3c3ccccc3n2-c2ccc(-c3ccc4c5ccccc5c5ccccc5c4c3)cc2)cc1. The summed E-state index contributed by atoms with van der Waals surface area (Å²) in [5, 5.41) is 27.3. The maximum absolute atomic E-state index is 15.0. The molecule has 0 fully saturated rings. The predicted octanol–water partition coefficient (Wildman–Crippen LogP) is 35.8. The van der Waals surface area contributed by atoms with Crippen molar-refractivity contribution < 1.29 is 4.57 Å². The van der Waals surface area contributed by atoms with Crippen LogP contribution in [0, 0.1) is 0 Å². The first-order valence-corrected chi connectivity index (χ1v) is 54.0. The molecule has 13 heteroatoms. The molecule has 0 aliphatic carbocycles. The third kappa shape index (κ3) is 14.1. The first-order valence-electron chi connectivity index (χ1n) is 49.8. The Morgan fingerprint density at radius 1 is 0.189 bits per heavy atom. The molecule has 31 aromatic rings. The van der Waals surface area contributed by atoms with Crippen LogP contribution in [0.5, 0.6) is 0 Å². The highest BCUT2D eigenvalue weighted by atomic mass is 32.1. The number of hydrogen-bond donors (Lipinski definition) is 0. The van der Waals surface area contributed by atoms with Crippen molar-refractivity contribution in [1.82, 2.24) is 38.6 Å². The molecule has 0 aliphatic rings.